The van der Waals surface area contributed by atoms with Gasteiger partial charge in [0, 0.05) is 0 Å². The van der Waals surface area contributed by atoms with Crippen molar-refractivity contribution in [3.8, 4) is 0 Å². The second-order valence-electron chi connectivity index (χ2n) is 5.56. The van der Waals surface area contributed by atoms with E-state index in [4.69, 9.17) is 0 Å². The van der Waals surface area contributed by atoms with E-state index in [-0.39, 0.29) is 0 Å². The Balaban J connectivity index is 2.40. The number of benzene rings is 4. The molecule has 4 aromatic rings. The second kappa shape index (κ2) is 4.46. The molecule has 0 aliphatic heterocycles. The van der Waals surface area contributed by atoms with Crippen LogP contribution in [0, 0.1) is 6.92 Å². The van der Waals surface area contributed by atoms with Gasteiger partial charge < -0.3 is 0 Å². The van der Waals surface area contributed by atoms with Gasteiger partial charge in [0.15, 0.2) is 0 Å². The predicted octanol–water partition coefficient (Wildman–Crippen LogP) is 5.14. The summed E-state index contributed by atoms with van der Waals surface area (Å²) < 4.78 is 0. The molecule has 0 aliphatic carbocycles. The molecule has 0 aromatic heterocycles. The van der Waals surface area contributed by atoms with Gasteiger partial charge in [-0.05, 0) is 56.1 Å². The molecule has 0 unspecified atom stereocenters. The molecule has 4 aromatic carbocycles. The van der Waals surface area contributed by atoms with Crippen molar-refractivity contribution >= 4 is 38.4 Å². The molecule has 0 radical (unpaired) electrons. The van der Waals surface area contributed by atoms with Crippen molar-refractivity contribution in [1.29, 1.82) is 0 Å². The largest absolute Gasteiger partial charge is 0.0990 e. The maximum Gasteiger partial charge on any atom is -0.00237 e. The predicted molar refractivity (Wildman–Crippen MR) is 93.6 cm³/mol. The summed E-state index contributed by atoms with van der Waals surface area (Å²) in [6.45, 7) is 6.03. The molecule has 0 amide bonds. The fraction of sp³-hybridized carbons (Fsp3) is 0.0476. The average molecular weight is 268 g/mol. The van der Waals surface area contributed by atoms with E-state index in [0.29, 0.717) is 0 Å². The Morgan fingerprint density at radius 2 is 1.67 bits per heavy atom. The molecule has 0 spiro atoms. The molecular weight excluding hydrogens is 252 g/mol. The van der Waals surface area contributed by atoms with Crippen LogP contribution in [0.4, 0.5) is 0 Å². The van der Waals surface area contributed by atoms with E-state index in [2.05, 4.69) is 74.2 Å². The normalized spacial score (nSPS) is 12.5. The summed E-state index contributed by atoms with van der Waals surface area (Å²) in [7, 11) is 0. The molecule has 0 fully saturated rings. The third-order valence-corrected chi connectivity index (χ3v) is 4.29. The Morgan fingerprint density at radius 1 is 0.810 bits per heavy atom. The molecule has 0 heterocycles. The molecule has 0 bridgehead atoms. The van der Waals surface area contributed by atoms with E-state index in [0.717, 1.165) is 0 Å². The molecule has 0 aliphatic rings. The van der Waals surface area contributed by atoms with Gasteiger partial charge in [-0.25, -0.2) is 0 Å². The second-order valence-corrected chi connectivity index (χ2v) is 5.56. The van der Waals surface area contributed by atoms with Gasteiger partial charge in [-0.2, -0.15) is 0 Å². The molecule has 0 saturated heterocycles. The van der Waals surface area contributed by atoms with E-state index < -0.39 is 0 Å². The van der Waals surface area contributed by atoms with Gasteiger partial charge in [0.05, 0.1) is 0 Å². The van der Waals surface area contributed by atoms with Crippen LogP contribution in [0.5, 0.6) is 0 Å². The molecule has 0 nitrogen and oxygen atoms in total. The summed E-state index contributed by atoms with van der Waals surface area (Å²) in [5, 5.41) is 9.23. The van der Waals surface area contributed by atoms with Crippen molar-refractivity contribution in [2.24, 2.45) is 0 Å². The van der Waals surface area contributed by atoms with E-state index in [1.807, 2.05) is 6.08 Å². The molecular formula is C21H16. The summed E-state index contributed by atoms with van der Waals surface area (Å²) in [4.78, 5) is 0. The van der Waals surface area contributed by atoms with Crippen molar-refractivity contribution in [3.63, 3.8) is 0 Å². The third-order valence-electron chi connectivity index (χ3n) is 4.29. The Bertz CT molecular complexity index is 1050. The Hall–Kier alpha value is -2.60. The summed E-state index contributed by atoms with van der Waals surface area (Å²) in [5.74, 6) is 0. The fourth-order valence-electron chi connectivity index (χ4n) is 3.37. The van der Waals surface area contributed by atoms with Crippen LogP contribution in [0.15, 0.2) is 67.3 Å². The van der Waals surface area contributed by atoms with Crippen LogP contribution in [0.2, 0.25) is 0 Å². The fourth-order valence-corrected chi connectivity index (χ4v) is 3.37. The zero-order chi connectivity index (χ0) is 14.4. The van der Waals surface area contributed by atoms with Crippen LogP contribution in [0.25, 0.3) is 38.4 Å². The number of fused-ring (bicyclic) bond motifs is 2. The van der Waals surface area contributed by atoms with Crippen LogP contribution in [-0.4, -0.2) is 0 Å². The average Bonchev–Trinajstić information content (AvgIpc) is 2.52. The van der Waals surface area contributed by atoms with Crippen LogP contribution < -0.4 is 5.22 Å². The standard InChI is InChI=1S/C21H16/c1-3-6-15-11-12-19-18-8-5-4-7-16(18)13-17-10-9-14(2)20(15)21(17)19/h3-13H,1H2,2H3/b15-6-. The minimum Gasteiger partial charge on any atom is -0.0990 e. The van der Waals surface area contributed by atoms with Crippen molar-refractivity contribution in [1.82, 2.24) is 0 Å². The van der Waals surface area contributed by atoms with Crippen LogP contribution in [0.3, 0.4) is 0 Å². The molecule has 100 valence electrons. The van der Waals surface area contributed by atoms with Gasteiger partial charge in [-0.1, -0.05) is 67.3 Å². The number of aryl methyl sites for hydroxylation is 1. The maximum atomic E-state index is 3.84. The highest BCUT2D eigenvalue weighted by atomic mass is 14.1. The van der Waals surface area contributed by atoms with Crippen molar-refractivity contribution < 1.29 is 0 Å². The lowest BCUT2D eigenvalue weighted by Gasteiger charge is -2.12. The first kappa shape index (κ1) is 12.2. The maximum absolute atomic E-state index is 3.84. The molecule has 21 heavy (non-hydrogen) atoms. The smallest absolute Gasteiger partial charge is 0.00237 e. The lowest BCUT2D eigenvalue weighted by atomic mass is 9.92. The molecule has 4 rings (SSSR count). The van der Waals surface area contributed by atoms with Crippen molar-refractivity contribution in [2.45, 2.75) is 6.92 Å². The monoisotopic (exact) mass is 268 g/mol. The summed E-state index contributed by atoms with van der Waals surface area (Å²) in [6.07, 6.45) is 3.96. The zero-order valence-electron chi connectivity index (χ0n) is 12.1. The van der Waals surface area contributed by atoms with E-state index in [1.54, 1.807) is 0 Å². The Morgan fingerprint density at radius 3 is 2.52 bits per heavy atom. The van der Waals surface area contributed by atoms with Gasteiger partial charge >= 0.3 is 0 Å². The highest BCUT2D eigenvalue weighted by Crippen LogP contribution is 2.33. The van der Waals surface area contributed by atoms with Gasteiger partial charge in [-0.15, -0.1) is 0 Å². The minimum atomic E-state index is 1.25. The number of hydrogen-bond acceptors (Lipinski definition) is 0. The number of hydrogen-bond donors (Lipinski definition) is 0. The third kappa shape index (κ3) is 1.69. The van der Waals surface area contributed by atoms with Crippen LogP contribution in [0.1, 0.15) is 5.56 Å². The summed E-state index contributed by atoms with van der Waals surface area (Å²) in [5.41, 5.74) is 1.32. The molecule has 0 heteroatoms. The topological polar surface area (TPSA) is 0 Å². The zero-order valence-corrected chi connectivity index (χ0v) is 12.1. The minimum absolute atomic E-state index is 1.25. The first-order chi connectivity index (χ1) is 10.3. The van der Waals surface area contributed by atoms with Crippen molar-refractivity contribution in [3.05, 3.63) is 78.0 Å². The van der Waals surface area contributed by atoms with Gasteiger partial charge in [0.2, 0.25) is 0 Å². The number of rotatable bonds is 1. The van der Waals surface area contributed by atoms with Crippen LogP contribution in [-0.2, 0) is 0 Å². The van der Waals surface area contributed by atoms with Gasteiger partial charge in [-0.3, -0.25) is 0 Å². The Labute approximate surface area is 124 Å². The Kier molecular flexibility index (Phi) is 2.58. The highest BCUT2D eigenvalue weighted by molar-refractivity contribution is 6.21. The lowest BCUT2D eigenvalue weighted by Crippen LogP contribution is -2.03. The molecule has 0 N–H and O–H groups in total. The SMILES string of the molecule is C=C/C=c1/ccc2c3ccccc3cc3ccc(C)c1c32. The number of allylic oxidation sites excluding steroid dienone is 1. The highest BCUT2D eigenvalue weighted by Gasteiger charge is 2.09. The van der Waals surface area contributed by atoms with Gasteiger partial charge in [0.25, 0.3) is 0 Å². The van der Waals surface area contributed by atoms with E-state index in [9.17, 15) is 0 Å². The molecule has 0 atom stereocenters. The van der Waals surface area contributed by atoms with E-state index in [1.165, 1.54) is 43.1 Å². The van der Waals surface area contributed by atoms with E-state index >= 15 is 0 Å². The first-order valence-electron chi connectivity index (χ1n) is 7.26. The van der Waals surface area contributed by atoms with Crippen molar-refractivity contribution in [2.75, 3.05) is 0 Å². The first-order valence-corrected chi connectivity index (χ1v) is 7.26. The summed E-state index contributed by atoms with van der Waals surface area (Å²) in [6, 6.07) is 19.8. The summed E-state index contributed by atoms with van der Waals surface area (Å²) >= 11 is 0. The lowest BCUT2D eigenvalue weighted by molar-refractivity contribution is 1.53. The molecule has 0 saturated carbocycles. The van der Waals surface area contributed by atoms with Crippen LogP contribution >= 0.6 is 0 Å². The van der Waals surface area contributed by atoms with Gasteiger partial charge in [0.1, 0.15) is 0 Å². The quantitative estimate of drug-likeness (QED) is 0.331.